The molecule has 2 atom stereocenters. The number of aliphatic hydroxyl groups is 1. The van der Waals surface area contributed by atoms with Gasteiger partial charge in [-0.25, -0.2) is 4.79 Å². The molecule has 0 spiro atoms. The molecule has 0 heterocycles. The van der Waals surface area contributed by atoms with Gasteiger partial charge in [-0.3, -0.25) is 0 Å². The second kappa shape index (κ2) is 7.31. The Morgan fingerprint density at radius 1 is 1.31 bits per heavy atom. The number of carboxylic acids is 1. The van der Waals surface area contributed by atoms with Crippen LogP contribution in [0.4, 0.5) is 13.2 Å². The Morgan fingerprint density at radius 2 is 1.85 bits per heavy atom. The number of carbonyl (C=O) groups is 1. The van der Waals surface area contributed by atoms with Crippen molar-refractivity contribution in [1.82, 2.24) is 0 Å². The maximum Gasteiger partial charge on any atom is 0.429 e. The summed E-state index contributed by atoms with van der Waals surface area (Å²) in [7, 11) is 1.37. The number of hydrogen-bond donors (Lipinski definition) is 2. The molecule has 0 aliphatic heterocycles. The van der Waals surface area contributed by atoms with Crippen molar-refractivity contribution in [3.8, 4) is 5.75 Å². The monoisotopic (exact) mass is 374 g/mol. The van der Waals surface area contributed by atoms with Crippen LogP contribution in [0.25, 0.3) is 5.57 Å². The minimum Gasteiger partial charge on any atom is -0.496 e. The van der Waals surface area contributed by atoms with E-state index in [1.165, 1.54) is 14.0 Å². The molecule has 7 heteroatoms. The minimum absolute atomic E-state index is 0.158. The summed E-state index contributed by atoms with van der Waals surface area (Å²) in [5, 5.41) is 19.5. The molecule has 2 unspecified atom stereocenters. The number of alkyl halides is 3. The van der Waals surface area contributed by atoms with E-state index in [-0.39, 0.29) is 29.2 Å². The third-order valence-electron chi connectivity index (χ3n) is 5.11. The van der Waals surface area contributed by atoms with Gasteiger partial charge in [0.25, 0.3) is 5.60 Å². The maximum atomic E-state index is 13.6. The van der Waals surface area contributed by atoms with Gasteiger partial charge in [0.2, 0.25) is 0 Å². The molecule has 0 aromatic heterocycles. The summed E-state index contributed by atoms with van der Waals surface area (Å²) in [5.74, 6) is -1.93. The van der Waals surface area contributed by atoms with Gasteiger partial charge in [0.05, 0.1) is 7.11 Å². The summed E-state index contributed by atoms with van der Waals surface area (Å²) >= 11 is 0. The largest absolute Gasteiger partial charge is 0.496 e. The number of carboxylic acid groups (broad SMARTS) is 1. The molecular formula is C19H25F3O4. The zero-order chi connectivity index (χ0) is 20.5. The van der Waals surface area contributed by atoms with Crippen molar-refractivity contribution in [2.24, 2.45) is 5.41 Å². The van der Waals surface area contributed by atoms with Crippen molar-refractivity contribution < 1.29 is 32.9 Å². The van der Waals surface area contributed by atoms with E-state index in [4.69, 9.17) is 4.74 Å². The molecule has 1 aromatic rings. The number of ether oxygens (including phenoxy) is 1. The maximum absolute atomic E-state index is 13.6. The fourth-order valence-corrected chi connectivity index (χ4v) is 2.97. The Kier molecular flexibility index (Phi) is 6.19. The Hall–Kier alpha value is -2.02. The van der Waals surface area contributed by atoms with Crippen molar-refractivity contribution in [2.45, 2.75) is 51.8 Å². The van der Waals surface area contributed by atoms with Crippen LogP contribution in [-0.2, 0) is 4.79 Å². The average Bonchev–Trinajstić information content (AvgIpc) is 2.57. The van der Waals surface area contributed by atoms with E-state index in [0.29, 0.717) is 0 Å². The lowest BCUT2D eigenvalue weighted by atomic mass is 9.64. The van der Waals surface area contributed by atoms with E-state index >= 15 is 0 Å². The van der Waals surface area contributed by atoms with Crippen LogP contribution in [0.5, 0.6) is 5.75 Å². The van der Waals surface area contributed by atoms with E-state index < -0.39 is 23.2 Å². The topological polar surface area (TPSA) is 66.8 Å². The Balaban J connectivity index is 3.64. The van der Waals surface area contributed by atoms with Crippen LogP contribution >= 0.6 is 0 Å². The highest BCUT2D eigenvalue weighted by Gasteiger charge is 2.70. The highest BCUT2D eigenvalue weighted by molar-refractivity contribution is 5.86. The first-order valence-electron chi connectivity index (χ1n) is 8.18. The number of methoxy groups -OCH3 is 1. The smallest absolute Gasteiger partial charge is 0.429 e. The lowest BCUT2D eigenvalue weighted by Gasteiger charge is -2.43. The van der Waals surface area contributed by atoms with Gasteiger partial charge in [-0.1, -0.05) is 46.4 Å². The molecule has 26 heavy (non-hydrogen) atoms. The van der Waals surface area contributed by atoms with Crippen LogP contribution in [0, 0.1) is 5.41 Å². The molecule has 0 fully saturated rings. The molecular weight excluding hydrogens is 349 g/mol. The summed E-state index contributed by atoms with van der Waals surface area (Å²) in [4.78, 5) is 11.5. The van der Waals surface area contributed by atoms with Gasteiger partial charge in [0.15, 0.2) is 0 Å². The van der Waals surface area contributed by atoms with Gasteiger partial charge < -0.3 is 14.9 Å². The Morgan fingerprint density at radius 3 is 2.19 bits per heavy atom. The van der Waals surface area contributed by atoms with Crippen LogP contribution in [0.15, 0.2) is 24.8 Å². The van der Waals surface area contributed by atoms with E-state index in [1.54, 1.807) is 18.2 Å². The first-order valence-corrected chi connectivity index (χ1v) is 8.18. The van der Waals surface area contributed by atoms with E-state index in [9.17, 15) is 28.2 Å². The minimum atomic E-state index is -5.39. The number of rotatable bonds is 7. The normalized spacial score (nSPS) is 16.7. The van der Waals surface area contributed by atoms with Crippen LogP contribution in [0.2, 0.25) is 0 Å². The van der Waals surface area contributed by atoms with Crippen molar-refractivity contribution in [3.63, 3.8) is 0 Å². The molecule has 0 aliphatic carbocycles. The number of halogens is 3. The van der Waals surface area contributed by atoms with Crippen molar-refractivity contribution in [3.05, 3.63) is 35.9 Å². The zero-order valence-corrected chi connectivity index (χ0v) is 15.6. The quantitative estimate of drug-likeness (QED) is 0.730. The molecule has 0 saturated heterocycles. The zero-order valence-electron chi connectivity index (χ0n) is 15.6. The van der Waals surface area contributed by atoms with Crippen LogP contribution in [-0.4, -0.2) is 35.1 Å². The van der Waals surface area contributed by atoms with Crippen LogP contribution in [0.1, 0.15) is 51.2 Å². The molecule has 0 amide bonds. The van der Waals surface area contributed by atoms with Gasteiger partial charge >= 0.3 is 12.1 Å². The van der Waals surface area contributed by atoms with Gasteiger partial charge in [0, 0.05) is 11.0 Å². The average molecular weight is 374 g/mol. The SMILES string of the molecule is C=C(c1ccc(C(C)C)cc1OC)C(C)(CC)C(O)(C(=O)O)C(F)(F)F. The molecule has 146 valence electrons. The summed E-state index contributed by atoms with van der Waals surface area (Å²) in [5.41, 5.74) is -5.22. The van der Waals surface area contributed by atoms with Crippen molar-refractivity contribution in [2.75, 3.05) is 7.11 Å². The standard InChI is InChI=1S/C19H25F3O4/c1-7-17(5,18(25,16(23)24)19(20,21)22)12(4)14-9-8-13(11(2)3)10-15(14)26-6/h8-11,25H,4,7H2,1-3,5-6H3,(H,23,24). The van der Waals surface area contributed by atoms with Crippen molar-refractivity contribution in [1.29, 1.82) is 0 Å². The fourth-order valence-electron chi connectivity index (χ4n) is 2.97. The predicted molar refractivity (Wildman–Crippen MR) is 93.2 cm³/mol. The number of hydrogen-bond acceptors (Lipinski definition) is 3. The lowest BCUT2D eigenvalue weighted by molar-refractivity contribution is -0.285. The van der Waals surface area contributed by atoms with Crippen LogP contribution in [0.3, 0.4) is 0 Å². The summed E-state index contributed by atoms with van der Waals surface area (Å²) in [6.07, 6.45) is -5.69. The Bertz CT molecular complexity index is 697. The van der Waals surface area contributed by atoms with Gasteiger partial charge in [-0.2, -0.15) is 13.2 Å². The number of aliphatic carboxylic acids is 1. The van der Waals surface area contributed by atoms with Gasteiger partial charge in [-0.15, -0.1) is 0 Å². The summed E-state index contributed by atoms with van der Waals surface area (Å²) in [6.45, 7) is 10.0. The van der Waals surface area contributed by atoms with E-state index in [1.807, 2.05) is 13.8 Å². The molecule has 0 saturated carbocycles. The first-order chi connectivity index (χ1) is 11.8. The highest BCUT2D eigenvalue weighted by atomic mass is 19.4. The van der Waals surface area contributed by atoms with Gasteiger partial charge in [0.1, 0.15) is 5.75 Å². The molecule has 4 nitrogen and oxygen atoms in total. The second-order valence-electron chi connectivity index (χ2n) is 6.79. The third kappa shape index (κ3) is 3.32. The molecule has 0 bridgehead atoms. The lowest BCUT2D eigenvalue weighted by Crippen LogP contribution is -2.62. The fraction of sp³-hybridized carbons (Fsp3) is 0.526. The molecule has 1 aromatic carbocycles. The second-order valence-corrected chi connectivity index (χ2v) is 6.79. The third-order valence-corrected chi connectivity index (χ3v) is 5.11. The number of benzene rings is 1. The predicted octanol–water partition coefficient (Wildman–Crippen LogP) is 4.63. The highest BCUT2D eigenvalue weighted by Crippen LogP contribution is 2.53. The van der Waals surface area contributed by atoms with E-state index in [2.05, 4.69) is 6.58 Å². The molecule has 0 aliphatic rings. The van der Waals surface area contributed by atoms with Crippen LogP contribution < -0.4 is 4.74 Å². The van der Waals surface area contributed by atoms with Gasteiger partial charge in [-0.05, 0) is 29.5 Å². The summed E-state index contributed by atoms with van der Waals surface area (Å²) in [6, 6.07) is 4.94. The first kappa shape index (κ1) is 22.0. The Labute approximate surface area is 151 Å². The molecule has 2 N–H and O–H groups in total. The van der Waals surface area contributed by atoms with Crippen molar-refractivity contribution >= 4 is 11.5 Å². The molecule has 1 rings (SSSR count). The van der Waals surface area contributed by atoms with E-state index in [0.717, 1.165) is 12.5 Å². The molecule has 0 radical (unpaired) electrons. The summed E-state index contributed by atoms with van der Waals surface area (Å²) < 4.78 is 46.0.